The number of aliphatic hydroxyl groups excluding tert-OH is 1. The van der Waals surface area contributed by atoms with Crippen molar-refractivity contribution in [1.82, 2.24) is 9.97 Å². The van der Waals surface area contributed by atoms with Crippen LogP contribution in [0, 0.1) is 17.5 Å². The maximum absolute atomic E-state index is 13.4. The van der Waals surface area contributed by atoms with Crippen molar-refractivity contribution in [2.45, 2.75) is 6.10 Å². The molecule has 0 bridgehead atoms. The highest BCUT2D eigenvalue weighted by molar-refractivity contribution is 5.27. The molecule has 0 saturated carbocycles. The molecule has 0 radical (unpaired) electrons. The molecule has 0 amide bonds. The summed E-state index contributed by atoms with van der Waals surface area (Å²) in [5, 5.41) is 9.76. The molecule has 1 unspecified atom stereocenters. The van der Waals surface area contributed by atoms with E-state index in [0.29, 0.717) is 12.1 Å². The zero-order valence-corrected chi connectivity index (χ0v) is 8.44. The summed E-state index contributed by atoms with van der Waals surface area (Å²) < 4.78 is 39.0. The molecule has 17 heavy (non-hydrogen) atoms. The highest BCUT2D eigenvalue weighted by Crippen LogP contribution is 2.24. The van der Waals surface area contributed by atoms with Crippen molar-refractivity contribution in [2.24, 2.45) is 0 Å². The van der Waals surface area contributed by atoms with E-state index in [2.05, 4.69) is 9.97 Å². The van der Waals surface area contributed by atoms with Crippen molar-refractivity contribution in [3.63, 3.8) is 0 Å². The first-order chi connectivity index (χ1) is 8.09. The molecule has 2 aromatic rings. The Morgan fingerprint density at radius 2 is 1.71 bits per heavy atom. The molecule has 1 aromatic heterocycles. The second kappa shape index (κ2) is 4.50. The van der Waals surface area contributed by atoms with Gasteiger partial charge in [-0.25, -0.2) is 13.2 Å². The maximum atomic E-state index is 13.4. The van der Waals surface area contributed by atoms with Gasteiger partial charge in [0, 0.05) is 24.0 Å². The van der Waals surface area contributed by atoms with Crippen LogP contribution in [0.2, 0.25) is 0 Å². The number of aromatic nitrogens is 2. The topological polar surface area (TPSA) is 46.0 Å². The fraction of sp³-hybridized carbons (Fsp3) is 0.0909. The summed E-state index contributed by atoms with van der Waals surface area (Å²) in [5.41, 5.74) is -0.332. The van der Waals surface area contributed by atoms with Gasteiger partial charge in [0.05, 0.1) is 11.9 Å². The van der Waals surface area contributed by atoms with Crippen LogP contribution < -0.4 is 0 Å². The zero-order chi connectivity index (χ0) is 12.4. The Balaban J connectivity index is 2.44. The molecule has 0 fully saturated rings. The van der Waals surface area contributed by atoms with Crippen LogP contribution in [-0.4, -0.2) is 15.1 Å². The summed E-state index contributed by atoms with van der Waals surface area (Å²) in [5.74, 6) is -3.58. The minimum Gasteiger partial charge on any atom is -0.382 e. The highest BCUT2D eigenvalue weighted by atomic mass is 19.2. The van der Waals surface area contributed by atoms with Crippen molar-refractivity contribution >= 4 is 0 Å². The van der Waals surface area contributed by atoms with E-state index in [-0.39, 0.29) is 11.3 Å². The molecule has 0 spiro atoms. The third-order valence-electron chi connectivity index (χ3n) is 2.20. The van der Waals surface area contributed by atoms with Gasteiger partial charge in [0.1, 0.15) is 11.9 Å². The van der Waals surface area contributed by atoms with Crippen LogP contribution in [-0.2, 0) is 0 Å². The van der Waals surface area contributed by atoms with E-state index in [1.54, 1.807) is 0 Å². The molecule has 3 nitrogen and oxygen atoms in total. The van der Waals surface area contributed by atoms with Gasteiger partial charge in [-0.3, -0.25) is 9.97 Å². The first-order valence-corrected chi connectivity index (χ1v) is 4.68. The number of halogens is 3. The Kier molecular flexibility index (Phi) is 3.06. The second-order valence-electron chi connectivity index (χ2n) is 3.32. The summed E-state index contributed by atoms with van der Waals surface area (Å²) in [7, 11) is 0. The quantitative estimate of drug-likeness (QED) is 0.816. The number of benzene rings is 1. The molecule has 0 saturated heterocycles. The van der Waals surface area contributed by atoms with E-state index in [1.165, 1.54) is 18.6 Å². The maximum Gasteiger partial charge on any atom is 0.161 e. The van der Waals surface area contributed by atoms with Gasteiger partial charge in [-0.1, -0.05) is 0 Å². The minimum atomic E-state index is -1.49. The van der Waals surface area contributed by atoms with Crippen LogP contribution in [0.4, 0.5) is 13.2 Å². The minimum absolute atomic E-state index is 0.0532. The monoisotopic (exact) mass is 240 g/mol. The fourth-order valence-corrected chi connectivity index (χ4v) is 1.36. The molecule has 0 aliphatic carbocycles. The van der Waals surface area contributed by atoms with E-state index in [9.17, 15) is 18.3 Å². The Hall–Kier alpha value is -1.95. The number of hydrogen-bond acceptors (Lipinski definition) is 3. The lowest BCUT2D eigenvalue weighted by atomic mass is 10.1. The normalized spacial score (nSPS) is 12.5. The Bertz CT molecular complexity index is 534. The van der Waals surface area contributed by atoms with Gasteiger partial charge in [0.15, 0.2) is 11.6 Å². The van der Waals surface area contributed by atoms with Crippen LogP contribution in [0.1, 0.15) is 17.4 Å². The molecule has 1 atom stereocenters. The van der Waals surface area contributed by atoms with E-state index < -0.39 is 23.6 Å². The van der Waals surface area contributed by atoms with Crippen LogP contribution >= 0.6 is 0 Å². The van der Waals surface area contributed by atoms with E-state index in [4.69, 9.17) is 0 Å². The van der Waals surface area contributed by atoms with Gasteiger partial charge in [-0.2, -0.15) is 0 Å². The molecule has 2 rings (SSSR count). The van der Waals surface area contributed by atoms with Gasteiger partial charge in [-0.15, -0.1) is 0 Å². The standard InChI is InChI=1S/C11H7F3N2O/c12-7-4-9(14)8(13)3-6(7)11(17)10-5-15-1-2-16-10/h1-5,11,17H. The molecule has 88 valence electrons. The van der Waals surface area contributed by atoms with Crippen molar-refractivity contribution < 1.29 is 18.3 Å². The van der Waals surface area contributed by atoms with Gasteiger partial charge >= 0.3 is 0 Å². The van der Waals surface area contributed by atoms with Crippen LogP contribution in [0.15, 0.2) is 30.7 Å². The van der Waals surface area contributed by atoms with Gasteiger partial charge in [0.2, 0.25) is 0 Å². The lowest BCUT2D eigenvalue weighted by Crippen LogP contribution is -2.06. The SMILES string of the molecule is OC(c1cnccn1)c1cc(F)c(F)cc1F. The molecule has 1 N–H and O–H groups in total. The first-order valence-electron chi connectivity index (χ1n) is 4.68. The average molecular weight is 240 g/mol. The molecular weight excluding hydrogens is 233 g/mol. The summed E-state index contributed by atoms with van der Waals surface area (Å²) in [6, 6.07) is 0.980. The first kappa shape index (κ1) is 11.5. The molecule has 6 heteroatoms. The third-order valence-corrected chi connectivity index (χ3v) is 2.20. The predicted octanol–water partition coefficient (Wildman–Crippen LogP) is 1.98. The van der Waals surface area contributed by atoms with Crippen molar-refractivity contribution in [3.05, 3.63) is 59.4 Å². The van der Waals surface area contributed by atoms with Crippen LogP contribution in [0.3, 0.4) is 0 Å². The summed E-state index contributed by atoms with van der Waals surface area (Å²) in [6.07, 6.45) is 2.40. The van der Waals surface area contributed by atoms with E-state index >= 15 is 0 Å². The van der Waals surface area contributed by atoms with Crippen molar-refractivity contribution in [1.29, 1.82) is 0 Å². The smallest absolute Gasteiger partial charge is 0.161 e. The van der Waals surface area contributed by atoms with E-state index in [0.717, 1.165) is 0 Å². The lowest BCUT2D eigenvalue weighted by Gasteiger charge is -2.11. The van der Waals surface area contributed by atoms with Crippen molar-refractivity contribution in [2.75, 3.05) is 0 Å². The number of rotatable bonds is 2. The highest BCUT2D eigenvalue weighted by Gasteiger charge is 2.19. The summed E-state index contributed by atoms with van der Waals surface area (Å²) >= 11 is 0. The van der Waals surface area contributed by atoms with Crippen LogP contribution in [0.25, 0.3) is 0 Å². The van der Waals surface area contributed by atoms with E-state index in [1.807, 2.05) is 0 Å². The Morgan fingerprint density at radius 1 is 1.00 bits per heavy atom. The average Bonchev–Trinajstić information content (AvgIpc) is 2.34. The van der Waals surface area contributed by atoms with Gasteiger partial charge in [-0.05, 0) is 6.07 Å². The lowest BCUT2D eigenvalue weighted by molar-refractivity contribution is 0.208. The fourth-order valence-electron chi connectivity index (χ4n) is 1.36. The van der Waals surface area contributed by atoms with Gasteiger partial charge < -0.3 is 5.11 Å². The Morgan fingerprint density at radius 3 is 2.35 bits per heavy atom. The van der Waals surface area contributed by atoms with Crippen molar-refractivity contribution in [3.8, 4) is 0 Å². The molecule has 0 aliphatic heterocycles. The largest absolute Gasteiger partial charge is 0.382 e. The Labute approximate surface area is 94.6 Å². The van der Waals surface area contributed by atoms with Gasteiger partial charge in [0.25, 0.3) is 0 Å². The molecule has 0 aliphatic rings. The molecule has 1 aromatic carbocycles. The summed E-state index contributed by atoms with van der Waals surface area (Å²) in [6.45, 7) is 0. The molecular formula is C11H7F3N2O. The number of hydrogen-bond donors (Lipinski definition) is 1. The van der Waals surface area contributed by atoms with Crippen LogP contribution in [0.5, 0.6) is 0 Å². The number of nitrogens with zero attached hydrogens (tertiary/aromatic N) is 2. The summed E-state index contributed by atoms with van der Waals surface area (Å²) in [4.78, 5) is 7.44. The zero-order valence-electron chi connectivity index (χ0n) is 8.44. The third kappa shape index (κ3) is 2.26. The molecule has 1 heterocycles. The number of aliphatic hydroxyl groups is 1. The predicted molar refractivity (Wildman–Crippen MR) is 52.4 cm³/mol. The second-order valence-corrected chi connectivity index (χ2v) is 3.32.